The number of hydrogen-bond acceptors (Lipinski definition) is 1. The maximum absolute atomic E-state index is 5.68. The summed E-state index contributed by atoms with van der Waals surface area (Å²) in [6.45, 7) is 7.71. The largest absolute Gasteiger partial charge is 0.377 e. The van der Waals surface area contributed by atoms with E-state index in [0.717, 1.165) is 31.5 Å². The molecule has 0 bridgehead atoms. The Hall–Kier alpha value is -1.08. The molecule has 0 amide bonds. The lowest BCUT2D eigenvalue weighted by Crippen LogP contribution is -2.14. The standard InChI is InChI=1S/C22H34O/c1-3-5-17-23-18-22-15-13-21(14-16-22)12-11-20-9-7-19(6-4-2)8-10-20/h4,13-16,19-20H,2-3,5-12,17-18H2,1H3/t19-,20-. The molecule has 1 heteroatoms. The third kappa shape index (κ3) is 6.91. The average Bonchev–Trinajstić information content (AvgIpc) is 2.59. The van der Waals surface area contributed by atoms with Crippen molar-refractivity contribution in [3.8, 4) is 0 Å². The van der Waals surface area contributed by atoms with Gasteiger partial charge in [-0.15, -0.1) is 6.58 Å². The Morgan fingerprint density at radius 1 is 1.04 bits per heavy atom. The molecule has 0 spiro atoms. The van der Waals surface area contributed by atoms with Crippen LogP contribution in [-0.2, 0) is 17.8 Å². The molecule has 128 valence electrons. The lowest BCUT2D eigenvalue weighted by molar-refractivity contribution is 0.118. The molecule has 0 aromatic heterocycles. The zero-order valence-electron chi connectivity index (χ0n) is 14.9. The van der Waals surface area contributed by atoms with Gasteiger partial charge in [0.15, 0.2) is 0 Å². The summed E-state index contributed by atoms with van der Waals surface area (Å²) in [5.74, 6) is 1.85. The van der Waals surface area contributed by atoms with E-state index in [1.54, 1.807) is 0 Å². The Balaban J connectivity index is 1.65. The number of unbranched alkanes of at least 4 members (excludes halogenated alkanes) is 1. The van der Waals surface area contributed by atoms with Crippen LogP contribution in [0, 0.1) is 11.8 Å². The van der Waals surface area contributed by atoms with Crippen molar-refractivity contribution in [3.05, 3.63) is 48.0 Å². The molecule has 0 radical (unpaired) electrons. The van der Waals surface area contributed by atoms with Gasteiger partial charge in [-0.25, -0.2) is 0 Å². The van der Waals surface area contributed by atoms with E-state index in [-0.39, 0.29) is 0 Å². The second-order valence-electron chi connectivity index (χ2n) is 7.17. The smallest absolute Gasteiger partial charge is 0.0716 e. The molecule has 1 aliphatic carbocycles. The van der Waals surface area contributed by atoms with Crippen LogP contribution >= 0.6 is 0 Å². The van der Waals surface area contributed by atoms with E-state index in [1.165, 1.54) is 62.5 Å². The lowest BCUT2D eigenvalue weighted by atomic mass is 9.78. The first-order valence-corrected chi connectivity index (χ1v) is 9.58. The van der Waals surface area contributed by atoms with Crippen LogP contribution in [0.4, 0.5) is 0 Å². The van der Waals surface area contributed by atoms with E-state index in [9.17, 15) is 0 Å². The Bertz CT molecular complexity index is 426. The van der Waals surface area contributed by atoms with Crippen molar-refractivity contribution in [2.24, 2.45) is 11.8 Å². The van der Waals surface area contributed by atoms with Gasteiger partial charge in [0.2, 0.25) is 0 Å². The minimum absolute atomic E-state index is 0.758. The third-order valence-electron chi connectivity index (χ3n) is 5.24. The summed E-state index contributed by atoms with van der Waals surface area (Å²) in [6, 6.07) is 9.06. The van der Waals surface area contributed by atoms with Gasteiger partial charge in [0.1, 0.15) is 0 Å². The van der Waals surface area contributed by atoms with Crippen LogP contribution in [0.2, 0.25) is 0 Å². The summed E-state index contributed by atoms with van der Waals surface area (Å²) < 4.78 is 5.68. The van der Waals surface area contributed by atoms with Gasteiger partial charge in [0.05, 0.1) is 6.61 Å². The van der Waals surface area contributed by atoms with Gasteiger partial charge in [0.25, 0.3) is 0 Å². The van der Waals surface area contributed by atoms with Gasteiger partial charge in [0, 0.05) is 6.61 Å². The Morgan fingerprint density at radius 2 is 1.70 bits per heavy atom. The predicted octanol–water partition coefficient (Wildman–Crippen LogP) is 6.32. The van der Waals surface area contributed by atoms with Gasteiger partial charge in [-0.3, -0.25) is 0 Å². The summed E-state index contributed by atoms with van der Waals surface area (Å²) in [5.41, 5.74) is 2.78. The Morgan fingerprint density at radius 3 is 2.35 bits per heavy atom. The van der Waals surface area contributed by atoms with Gasteiger partial charge in [-0.2, -0.15) is 0 Å². The Kier molecular flexibility index (Phi) is 8.46. The molecular weight excluding hydrogens is 280 g/mol. The highest BCUT2D eigenvalue weighted by Crippen LogP contribution is 2.33. The molecule has 0 heterocycles. The SMILES string of the molecule is C=CC[C@H]1CC[C@H](CCc2ccc(COCCCC)cc2)CC1. The van der Waals surface area contributed by atoms with Crippen LogP contribution in [0.1, 0.15) is 69.4 Å². The highest BCUT2D eigenvalue weighted by molar-refractivity contribution is 5.22. The van der Waals surface area contributed by atoms with Crippen LogP contribution in [0.5, 0.6) is 0 Å². The summed E-state index contributed by atoms with van der Waals surface area (Å²) in [5, 5.41) is 0. The summed E-state index contributed by atoms with van der Waals surface area (Å²) >= 11 is 0. The normalized spacial score (nSPS) is 21.3. The van der Waals surface area contributed by atoms with Crippen molar-refractivity contribution in [1.29, 1.82) is 0 Å². The monoisotopic (exact) mass is 314 g/mol. The number of rotatable bonds is 10. The molecule has 1 nitrogen and oxygen atoms in total. The topological polar surface area (TPSA) is 9.23 Å². The molecule has 0 saturated heterocycles. The molecule has 1 aromatic carbocycles. The van der Waals surface area contributed by atoms with Crippen LogP contribution < -0.4 is 0 Å². The van der Waals surface area contributed by atoms with Crippen molar-refractivity contribution in [3.63, 3.8) is 0 Å². The maximum atomic E-state index is 5.68. The van der Waals surface area contributed by atoms with Gasteiger partial charge in [-0.05, 0) is 61.5 Å². The van der Waals surface area contributed by atoms with Crippen molar-refractivity contribution in [1.82, 2.24) is 0 Å². The first-order valence-electron chi connectivity index (χ1n) is 9.58. The van der Waals surface area contributed by atoms with E-state index in [2.05, 4.69) is 43.8 Å². The number of benzene rings is 1. The van der Waals surface area contributed by atoms with E-state index in [0.29, 0.717) is 0 Å². The van der Waals surface area contributed by atoms with Crippen LogP contribution in [0.3, 0.4) is 0 Å². The number of aryl methyl sites for hydroxylation is 1. The second kappa shape index (κ2) is 10.6. The minimum Gasteiger partial charge on any atom is -0.377 e. The maximum Gasteiger partial charge on any atom is 0.0716 e. The molecule has 23 heavy (non-hydrogen) atoms. The molecular formula is C22H34O. The van der Waals surface area contributed by atoms with Crippen LogP contribution in [-0.4, -0.2) is 6.61 Å². The fourth-order valence-electron chi connectivity index (χ4n) is 3.60. The highest BCUT2D eigenvalue weighted by atomic mass is 16.5. The molecule has 0 unspecified atom stereocenters. The quantitative estimate of drug-likeness (QED) is 0.363. The molecule has 1 fully saturated rings. The summed E-state index contributed by atoms with van der Waals surface area (Å²) in [7, 11) is 0. The summed E-state index contributed by atoms with van der Waals surface area (Å²) in [6.07, 6.45) is 13.9. The molecule has 0 N–H and O–H groups in total. The van der Waals surface area contributed by atoms with Gasteiger partial charge < -0.3 is 4.74 Å². The number of allylic oxidation sites excluding steroid dienone is 1. The van der Waals surface area contributed by atoms with Crippen LogP contribution in [0.15, 0.2) is 36.9 Å². The predicted molar refractivity (Wildman–Crippen MR) is 99.6 cm³/mol. The van der Waals surface area contributed by atoms with E-state index in [4.69, 9.17) is 4.74 Å². The highest BCUT2D eigenvalue weighted by Gasteiger charge is 2.19. The fraction of sp³-hybridized carbons (Fsp3) is 0.636. The van der Waals surface area contributed by atoms with Crippen molar-refractivity contribution < 1.29 is 4.74 Å². The van der Waals surface area contributed by atoms with Gasteiger partial charge >= 0.3 is 0 Å². The van der Waals surface area contributed by atoms with Gasteiger partial charge in [-0.1, -0.05) is 56.5 Å². The first-order chi connectivity index (χ1) is 11.3. The molecule has 1 aliphatic rings. The lowest BCUT2D eigenvalue weighted by Gasteiger charge is -2.27. The first kappa shape index (κ1) is 18.3. The second-order valence-corrected chi connectivity index (χ2v) is 7.17. The molecule has 1 saturated carbocycles. The van der Waals surface area contributed by atoms with Crippen molar-refractivity contribution >= 4 is 0 Å². The third-order valence-corrected chi connectivity index (χ3v) is 5.24. The molecule has 2 rings (SSSR count). The zero-order chi connectivity index (χ0) is 16.3. The average molecular weight is 315 g/mol. The summed E-state index contributed by atoms with van der Waals surface area (Å²) in [4.78, 5) is 0. The van der Waals surface area contributed by atoms with E-state index in [1.807, 2.05) is 0 Å². The minimum atomic E-state index is 0.758. The van der Waals surface area contributed by atoms with E-state index < -0.39 is 0 Å². The van der Waals surface area contributed by atoms with Crippen molar-refractivity contribution in [2.45, 2.75) is 71.3 Å². The number of ether oxygens (including phenoxy) is 1. The van der Waals surface area contributed by atoms with Crippen LogP contribution in [0.25, 0.3) is 0 Å². The van der Waals surface area contributed by atoms with E-state index >= 15 is 0 Å². The molecule has 1 aromatic rings. The Labute approximate surface area is 143 Å². The molecule has 0 atom stereocenters. The molecule has 0 aliphatic heterocycles. The zero-order valence-corrected chi connectivity index (χ0v) is 14.9. The fourth-order valence-corrected chi connectivity index (χ4v) is 3.60. The number of hydrogen-bond donors (Lipinski definition) is 0. The van der Waals surface area contributed by atoms with Crippen molar-refractivity contribution in [2.75, 3.05) is 6.61 Å².